The monoisotopic (exact) mass is 237 g/mol. The van der Waals surface area contributed by atoms with E-state index in [1.807, 2.05) is 0 Å². The third-order valence-electron chi connectivity index (χ3n) is 3.17. The zero-order valence-electron chi connectivity index (χ0n) is 11.6. The van der Waals surface area contributed by atoms with Gasteiger partial charge in [-0.2, -0.15) is 0 Å². The molecule has 1 heterocycles. The number of hydrogen-bond acceptors (Lipinski definition) is 2. The first-order valence-corrected chi connectivity index (χ1v) is 7.13. The topological polar surface area (TPSA) is 25.2 Å². The highest BCUT2D eigenvalue weighted by Crippen LogP contribution is 2.22. The van der Waals surface area contributed by atoms with Crippen molar-refractivity contribution in [2.75, 3.05) is 6.54 Å². The second-order valence-corrected chi connectivity index (χ2v) is 4.62. The molecule has 0 aliphatic rings. The Hall–Kier alpha value is -0.760. The van der Waals surface area contributed by atoms with Crippen molar-refractivity contribution in [1.82, 2.24) is 5.32 Å². The average molecular weight is 237 g/mol. The van der Waals surface area contributed by atoms with Crippen LogP contribution >= 0.6 is 0 Å². The summed E-state index contributed by atoms with van der Waals surface area (Å²) in [6, 6.07) is 4.63. The summed E-state index contributed by atoms with van der Waals surface area (Å²) < 4.78 is 5.84. The Morgan fingerprint density at radius 2 is 1.94 bits per heavy atom. The Kier molecular flexibility index (Phi) is 7.02. The molecule has 0 fully saturated rings. The molecule has 98 valence electrons. The third-order valence-corrected chi connectivity index (χ3v) is 3.17. The van der Waals surface area contributed by atoms with Crippen LogP contribution in [0.3, 0.4) is 0 Å². The van der Waals surface area contributed by atoms with Crippen LogP contribution in [0.2, 0.25) is 0 Å². The Labute approximate surface area is 106 Å². The highest BCUT2D eigenvalue weighted by atomic mass is 16.3. The number of nitrogens with one attached hydrogen (secondary N) is 1. The molecule has 1 rings (SSSR count). The van der Waals surface area contributed by atoms with Gasteiger partial charge in [0.1, 0.15) is 11.5 Å². The molecular weight excluding hydrogens is 210 g/mol. The molecule has 0 radical (unpaired) electrons. The van der Waals surface area contributed by atoms with Crippen LogP contribution in [0.5, 0.6) is 0 Å². The average Bonchev–Trinajstić information content (AvgIpc) is 2.82. The molecule has 1 N–H and O–H groups in total. The van der Waals surface area contributed by atoms with Gasteiger partial charge in [-0.05, 0) is 25.1 Å². The van der Waals surface area contributed by atoms with Crippen LogP contribution in [0.25, 0.3) is 0 Å². The largest absolute Gasteiger partial charge is 0.464 e. The maximum atomic E-state index is 5.84. The van der Waals surface area contributed by atoms with Crippen LogP contribution in [0, 0.1) is 0 Å². The van der Waals surface area contributed by atoms with Crippen molar-refractivity contribution in [3.63, 3.8) is 0 Å². The lowest BCUT2D eigenvalue weighted by molar-refractivity contribution is 0.375. The van der Waals surface area contributed by atoms with E-state index in [4.69, 9.17) is 4.42 Å². The van der Waals surface area contributed by atoms with Crippen LogP contribution in [-0.4, -0.2) is 6.54 Å². The van der Waals surface area contributed by atoms with E-state index in [1.54, 1.807) is 0 Å². The number of unbranched alkanes of at least 4 members (excludes halogenated alkanes) is 3. The summed E-state index contributed by atoms with van der Waals surface area (Å²) in [6.07, 6.45) is 7.43. The van der Waals surface area contributed by atoms with Crippen LogP contribution in [0.4, 0.5) is 0 Å². The lowest BCUT2D eigenvalue weighted by Crippen LogP contribution is -2.20. The van der Waals surface area contributed by atoms with Crippen molar-refractivity contribution in [3.05, 3.63) is 23.7 Å². The number of hydrogen-bond donors (Lipinski definition) is 1. The molecule has 0 aromatic carbocycles. The number of furan rings is 1. The number of rotatable bonds is 9. The predicted octanol–water partition coefficient (Wildman–Crippen LogP) is 4.46. The van der Waals surface area contributed by atoms with Crippen LogP contribution in [0.1, 0.15) is 70.4 Å². The zero-order chi connectivity index (χ0) is 12.5. The van der Waals surface area contributed by atoms with Gasteiger partial charge in [-0.15, -0.1) is 0 Å². The van der Waals surface area contributed by atoms with Crippen LogP contribution < -0.4 is 5.32 Å². The lowest BCUT2D eigenvalue weighted by atomic mass is 10.1. The van der Waals surface area contributed by atoms with Crippen molar-refractivity contribution >= 4 is 0 Å². The second kappa shape index (κ2) is 8.35. The van der Waals surface area contributed by atoms with Gasteiger partial charge in [-0.25, -0.2) is 0 Å². The minimum absolute atomic E-state index is 0.400. The summed E-state index contributed by atoms with van der Waals surface area (Å²) in [7, 11) is 0. The highest BCUT2D eigenvalue weighted by Gasteiger charge is 2.13. The van der Waals surface area contributed by atoms with E-state index < -0.39 is 0 Å². The Balaban J connectivity index is 2.46. The minimum atomic E-state index is 0.400. The Morgan fingerprint density at radius 1 is 1.12 bits per heavy atom. The fraction of sp³-hybridized carbons (Fsp3) is 0.733. The van der Waals surface area contributed by atoms with Gasteiger partial charge < -0.3 is 9.73 Å². The van der Waals surface area contributed by atoms with E-state index >= 15 is 0 Å². The zero-order valence-corrected chi connectivity index (χ0v) is 11.6. The first-order valence-electron chi connectivity index (χ1n) is 7.13. The SMILES string of the molecule is CCCCCCC(NCC)c1ccc(CC)o1. The standard InChI is InChI=1S/C15H27NO/c1-4-7-8-9-10-14(16-6-3)15-12-11-13(5-2)17-15/h11-12,14,16H,4-10H2,1-3H3. The van der Waals surface area contributed by atoms with Crippen molar-refractivity contribution < 1.29 is 4.42 Å². The number of aryl methyl sites for hydroxylation is 1. The molecule has 0 saturated heterocycles. The summed E-state index contributed by atoms with van der Waals surface area (Å²) in [6.45, 7) is 7.54. The molecule has 17 heavy (non-hydrogen) atoms. The molecular formula is C15H27NO. The molecule has 0 spiro atoms. The lowest BCUT2D eigenvalue weighted by Gasteiger charge is -2.15. The Bertz CT molecular complexity index is 293. The normalized spacial score (nSPS) is 12.9. The van der Waals surface area contributed by atoms with Gasteiger partial charge >= 0.3 is 0 Å². The van der Waals surface area contributed by atoms with E-state index in [0.29, 0.717) is 6.04 Å². The van der Waals surface area contributed by atoms with Crippen molar-refractivity contribution in [2.24, 2.45) is 0 Å². The van der Waals surface area contributed by atoms with Gasteiger partial charge in [0.2, 0.25) is 0 Å². The van der Waals surface area contributed by atoms with Gasteiger partial charge in [0, 0.05) is 6.42 Å². The molecule has 2 heteroatoms. The third kappa shape index (κ3) is 4.95. The molecule has 1 unspecified atom stereocenters. The van der Waals surface area contributed by atoms with E-state index in [2.05, 4.69) is 38.2 Å². The van der Waals surface area contributed by atoms with E-state index in [1.165, 1.54) is 32.1 Å². The molecule has 1 aromatic heterocycles. The van der Waals surface area contributed by atoms with E-state index in [0.717, 1.165) is 24.5 Å². The predicted molar refractivity (Wildman–Crippen MR) is 73.3 cm³/mol. The van der Waals surface area contributed by atoms with Gasteiger partial charge in [-0.1, -0.05) is 46.5 Å². The first-order chi connectivity index (χ1) is 8.31. The maximum absolute atomic E-state index is 5.84. The molecule has 0 aliphatic carbocycles. The van der Waals surface area contributed by atoms with Gasteiger partial charge in [-0.3, -0.25) is 0 Å². The summed E-state index contributed by atoms with van der Waals surface area (Å²) in [4.78, 5) is 0. The summed E-state index contributed by atoms with van der Waals surface area (Å²) >= 11 is 0. The second-order valence-electron chi connectivity index (χ2n) is 4.62. The molecule has 1 aromatic rings. The highest BCUT2D eigenvalue weighted by molar-refractivity contribution is 5.10. The smallest absolute Gasteiger partial charge is 0.121 e. The fourth-order valence-electron chi connectivity index (χ4n) is 2.14. The summed E-state index contributed by atoms with van der Waals surface area (Å²) in [5, 5.41) is 3.52. The van der Waals surface area contributed by atoms with Crippen LogP contribution in [0.15, 0.2) is 16.5 Å². The van der Waals surface area contributed by atoms with Gasteiger partial charge in [0.15, 0.2) is 0 Å². The molecule has 2 nitrogen and oxygen atoms in total. The van der Waals surface area contributed by atoms with E-state index in [-0.39, 0.29) is 0 Å². The minimum Gasteiger partial charge on any atom is -0.464 e. The summed E-state index contributed by atoms with van der Waals surface area (Å²) in [5.74, 6) is 2.21. The van der Waals surface area contributed by atoms with Gasteiger partial charge in [0.25, 0.3) is 0 Å². The molecule has 0 amide bonds. The summed E-state index contributed by atoms with van der Waals surface area (Å²) in [5.41, 5.74) is 0. The first kappa shape index (κ1) is 14.3. The molecule has 0 aliphatic heterocycles. The van der Waals surface area contributed by atoms with Crippen LogP contribution in [-0.2, 0) is 6.42 Å². The maximum Gasteiger partial charge on any atom is 0.121 e. The van der Waals surface area contributed by atoms with Crippen molar-refractivity contribution in [3.8, 4) is 0 Å². The Morgan fingerprint density at radius 3 is 2.53 bits per heavy atom. The van der Waals surface area contributed by atoms with E-state index in [9.17, 15) is 0 Å². The quantitative estimate of drug-likeness (QED) is 0.641. The molecule has 1 atom stereocenters. The van der Waals surface area contributed by atoms with Gasteiger partial charge in [0.05, 0.1) is 6.04 Å². The fourth-order valence-corrected chi connectivity index (χ4v) is 2.14. The van der Waals surface area contributed by atoms with Crippen molar-refractivity contribution in [2.45, 2.75) is 65.3 Å². The molecule has 0 saturated carbocycles. The van der Waals surface area contributed by atoms with Crippen molar-refractivity contribution in [1.29, 1.82) is 0 Å². The molecule has 0 bridgehead atoms.